The highest BCUT2D eigenvalue weighted by Crippen LogP contribution is 2.21. The first-order valence-corrected chi connectivity index (χ1v) is 6.65. The molecular weight excluding hydrogens is 248 g/mol. The van der Waals surface area contributed by atoms with Crippen molar-refractivity contribution in [2.75, 3.05) is 13.6 Å². The van der Waals surface area contributed by atoms with Gasteiger partial charge in [-0.3, -0.25) is 0 Å². The van der Waals surface area contributed by atoms with E-state index in [-0.39, 0.29) is 0 Å². The highest BCUT2D eigenvalue weighted by atomic mass is 16.5. The Hall–Kier alpha value is -2.31. The third-order valence-electron chi connectivity index (χ3n) is 2.96. The van der Waals surface area contributed by atoms with E-state index in [0.29, 0.717) is 6.42 Å². The summed E-state index contributed by atoms with van der Waals surface area (Å²) in [5, 5.41) is 8.56. The van der Waals surface area contributed by atoms with Gasteiger partial charge in [0.25, 0.3) is 0 Å². The quantitative estimate of drug-likeness (QED) is 0.797. The van der Waals surface area contributed by atoms with Gasteiger partial charge in [-0.05, 0) is 36.9 Å². The van der Waals surface area contributed by atoms with Gasteiger partial charge in [0.15, 0.2) is 0 Å². The third-order valence-corrected chi connectivity index (χ3v) is 2.96. The minimum atomic E-state index is 0.561. The van der Waals surface area contributed by atoms with Crippen molar-refractivity contribution < 1.29 is 4.74 Å². The lowest BCUT2D eigenvalue weighted by atomic mass is 10.2. The lowest BCUT2D eigenvalue weighted by Crippen LogP contribution is -2.18. The van der Waals surface area contributed by atoms with Crippen LogP contribution in [0.5, 0.6) is 11.5 Å². The zero-order chi connectivity index (χ0) is 14.2. The number of nitrogens with zero attached hydrogens (tertiary/aromatic N) is 2. The standard InChI is InChI=1S/C17H18N2O/c1-19(13-5-12-18)14-15-8-10-17(11-9-15)20-16-6-3-2-4-7-16/h2-4,6-11H,5,13-14H2,1H3. The molecule has 0 aromatic heterocycles. The average Bonchev–Trinajstić information content (AvgIpc) is 2.48. The van der Waals surface area contributed by atoms with Crippen molar-refractivity contribution in [2.45, 2.75) is 13.0 Å². The Bertz CT molecular complexity index is 558. The number of ether oxygens (including phenoxy) is 1. The molecule has 0 N–H and O–H groups in total. The monoisotopic (exact) mass is 266 g/mol. The van der Waals surface area contributed by atoms with Crippen LogP contribution in [0.4, 0.5) is 0 Å². The van der Waals surface area contributed by atoms with Crippen LogP contribution in [-0.2, 0) is 6.54 Å². The Kier molecular flexibility index (Phi) is 5.16. The van der Waals surface area contributed by atoms with Crippen molar-refractivity contribution in [3.8, 4) is 17.6 Å². The van der Waals surface area contributed by atoms with Gasteiger partial charge in [-0.1, -0.05) is 30.3 Å². The molecule has 0 saturated heterocycles. The lowest BCUT2D eigenvalue weighted by molar-refractivity contribution is 0.335. The second kappa shape index (κ2) is 7.32. The minimum absolute atomic E-state index is 0.561. The van der Waals surface area contributed by atoms with Gasteiger partial charge in [-0.15, -0.1) is 0 Å². The fourth-order valence-corrected chi connectivity index (χ4v) is 1.92. The topological polar surface area (TPSA) is 36.3 Å². The van der Waals surface area contributed by atoms with Gasteiger partial charge < -0.3 is 9.64 Å². The first kappa shape index (κ1) is 14.1. The molecule has 0 aliphatic carbocycles. The van der Waals surface area contributed by atoms with Crippen molar-refractivity contribution in [3.05, 3.63) is 60.2 Å². The zero-order valence-corrected chi connectivity index (χ0v) is 11.6. The maximum Gasteiger partial charge on any atom is 0.127 e. The molecule has 3 heteroatoms. The van der Waals surface area contributed by atoms with Crippen LogP contribution < -0.4 is 4.74 Å². The molecular formula is C17H18N2O. The maximum atomic E-state index is 8.56. The van der Waals surface area contributed by atoms with Crippen LogP contribution in [0.1, 0.15) is 12.0 Å². The minimum Gasteiger partial charge on any atom is -0.457 e. The Morgan fingerprint density at radius 1 is 1.00 bits per heavy atom. The Labute approximate surface area is 120 Å². The normalized spacial score (nSPS) is 10.2. The number of nitriles is 1. The molecule has 102 valence electrons. The summed E-state index contributed by atoms with van der Waals surface area (Å²) in [6, 6.07) is 20.0. The van der Waals surface area contributed by atoms with Crippen molar-refractivity contribution in [1.29, 1.82) is 5.26 Å². The second-order valence-corrected chi connectivity index (χ2v) is 4.70. The number of benzene rings is 2. The number of hydrogen-bond acceptors (Lipinski definition) is 3. The second-order valence-electron chi connectivity index (χ2n) is 4.70. The van der Waals surface area contributed by atoms with E-state index in [0.717, 1.165) is 24.6 Å². The summed E-state index contributed by atoms with van der Waals surface area (Å²) >= 11 is 0. The Morgan fingerprint density at radius 2 is 1.65 bits per heavy atom. The summed E-state index contributed by atoms with van der Waals surface area (Å²) < 4.78 is 5.75. The van der Waals surface area contributed by atoms with E-state index in [9.17, 15) is 0 Å². The van der Waals surface area contributed by atoms with E-state index in [1.807, 2.05) is 49.5 Å². The van der Waals surface area contributed by atoms with Gasteiger partial charge in [-0.2, -0.15) is 5.26 Å². The molecule has 0 bridgehead atoms. The van der Waals surface area contributed by atoms with E-state index in [4.69, 9.17) is 10.00 Å². The number of hydrogen-bond donors (Lipinski definition) is 0. The van der Waals surface area contributed by atoms with Gasteiger partial charge >= 0.3 is 0 Å². The smallest absolute Gasteiger partial charge is 0.127 e. The molecule has 3 nitrogen and oxygen atoms in total. The van der Waals surface area contributed by atoms with E-state index in [1.54, 1.807) is 0 Å². The van der Waals surface area contributed by atoms with Crippen LogP contribution in [0.25, 0.3) is 0 Å². The molecule has 0 saturated carbocycles. The molecule has 0 fully saturated rings. The van der Waals surface area contributed by atoms with E-state index < -0.39 is 0 Å². The SMILES string of the molecule is CN(CCC#N)Cc1ccc(Oc2ccccc2)cc1. The fourth-order valence-electron chi connectivity index (χ4n) is 1.92. The van der Waals surface area contributed by atoms with Crippen molar-refractivity contribution in [3.63, 3.8) is 0 Å². The van der Waals surface area contributed by atoms with Crippen LogP contribution in [0, 0.1) is 11.3 Å². The summed E-state index contributed by atoms with van der Waals surface area (Å²) in [5.74, 6) is 1.67. The Balaban J connectivity index is 1.91. The largest absolute Gasteiger partial charge is 0.457 e. The van der Waals surface area contributed by atoms with Crippen LogP contribution in [0.3, 0.4) is 0 Å². The van der Waals surface area contributed by atoms with E-state index in [2.05, 4.69) is 23.1 Å². The molecule has 0 amide bonds. The molecule has 2 aromatic rings. The summed E-state index contributed by atoms with van der Waals surface area (Å²) in [4.78, 5) is 2.14. The van der Waals surface area contributed by atoms with Crippen LogP contribution in [0.15, 0.2) is 54.6 Å². The average molecular weight is 266 g/mol. The third kappa shape index (κ3) is 4.42. The molecule has 20 heavy (non-hydrogen) atoms. The van der Waals surface area contributed by atoms with Crippen LogP contribution in [-0.4, -0.2) is 18.5 Å². The molecule has 0 aliphatic rings. The molecule has 2 rings (SSSR count). The summed E-state index contributed by atoms with van der Waals surface area (Å²) in [6.45, 7) is 1.63. The van der Waals surface area contributed by atoms with Crippen LogP contribution in [0.2, 0.25) is 0 Å². The van der Waals surface area contributed by atoms with Crippen molar-refractivity contribution in [2.24, 2.45) is 0 Å². The predicted octanol–water partition coefficient (Wildman–Crippen LogP) is 3.82. The summed E-state index contributed by atoms with van der Waals surface area (Å²) in [6.07, 6.45) is 0.561. The summed E-state index contributed by atoms with van der Waals surface area (Å²) in [5.41, 5.74) is 1.21. The molecule has 0 radical (unpaired) electrons. The fraction of sp³-hybridized carbons (Fsp3) is 0.235. The highest BCUT2D eigenvalue weighted by Gasteiger charge is 2.01. The number of rotatable bonds is 6. The molecule has 0 aliphatic heterocycles. The maximum absolute atomic E-state index is 8.56. The van der Waals surface area contributed by atoms with Gasteiger partial charge in [0.1, 0.15) is 11.5 Å². The molecule has 0 unspecified atom stereocenters. The molecule has 2 aromatic carbocycles. The van der Waals surface area contributed by atoms with Crippen LogP contribution >= 0.6 is 0 Å². The van der Waals surface area contributed by atoms with E-state index >= 15 is 0 Å². The zero-order valence-electron chi connectivity index (χ0n) is 11.6. The van der Waals surface area contributed by atoms with Crippen molar-refractivity contribution in [1.82, 2.24) is 4.90 Å². The lowest BCUT2D eigenvalue weighted by Gasteiger charge is -2.15. The van der Waals surface area contributed by atoms with Gasteiger partial charge in [0, 0.05) is 19.5 Å². The molecule has 0 heterocycles. The highest BCUT2D eigenvalue weighted by molar-refractivity contribution is 5.32. The van der Waals surface area contributed by atoms with Gasteiger partial charge in [-0.25, -0.2) is 0 Å². The van der Waals surface area contributed by atoms with Gasteiger partial charge in [0.05, 0.1) is 6.07 Å². The molecule has 0 atom stereocenters. The van der Waals surface area contributed by atoms with E-state index in [1.165, 1.54) is 5.56 Å². The first-order chi connectivity index (χ1) is 9.78. The first-order valence-electron chi connectivity index (χ1n) is 6.65. The van der Waals surface area contributed by atoms with Gasteiger partial charge in [0.2, 0.25) is 0 Å². The Morgan fingerprint density at radius 3 is 2.30 bits per heavy atom. The molecule has 0 spiro atoms. The summed E-state index contributed by atoms with van der Waals surface area (Å²) in [7, 11) is 2.02. The predicted molar refractivity (Wildman–Crippen MR) is 79.5 cm³/mol. The number of para-hydroxylation sites is 1. The van der Waals surface area contributed by atoms with Crippen molar-refractivity contribution >= 4 is 0 Å².